The van der Waals surface area contributed by atoms with Gasteiger partial charge in [0.05, 0.1) is 6.10 Å². The van der Waals surface area contributed by atoms with Gasteiger partial charge in [0.15, 0.2) is 0 Å². The van der Waals surface area contributed by atoms with Gasteiger partial charge < -0.3 is 10.2 Å². The smallest absolute Gasteiger partial charge is 0.107 e. The molecule has 0 heterocycles. The van der Waals surface area contributed by atoms with E-state index in [-0.39, 0.29) is 0 Å². The molecule has 2 unspecified atom stereocenters. The average Bonchev–Trinajstić information content (AvgIpc) is 2.26. The Bertz CT molecular complexity index is 293. The van der Waals surface area contributed by atoms with Crippen LogP contribution in [0, 0.1) is 0 Å². The Morgan fingerprint density at radius 1 is 1.36 bits per heavy atom. The number of thioether (sulfide) groups is 1. The lowest BCUT2D eigenvalue weighted by molar-refractivity contribution is 0.0326. The SMILES string of the molecule is CSc1ccccc1C(O)C(O)CBr. The summed E-state index contributed by atoms with van der Waals surface area (Å²) >= 11 is 4.71. The summed E-state index contributed by atoms with van der Waals surface area (Å²) in [5.74, 6) is 0. The zero-order valence-corrected chi connectivity index (χ0v) is 10.3. The first-order valence-electron chi connectivity index (χ1n) is 4.25. The summed E-state index contributed by atoms with van der Waals surface area (Å²) in [5, 5.41) is 19.7. The van der Waals surface area contributed by atoms with E-state index in [1.54, 1.807) is 11.8 Å². The highest BCUT2D eigenvalue weighted by molar-refractivity contribution is 9.09. The second-order valence-electron chi connectivity index (χ2n) is 2.91. The molecule has 0 fully saturated rings. The molecule has 0 bridgehead atoms. The fraction of sp³-hybridized carbons (Fsp3) is 0.400. The molecule has 78 valence electrons. The zero-order valence-electron chi connectivity index (χ0n) is 7.85. The van der Waals surface area contributed by atoms with E-state index in [2.05, 4.69) is 15.9 Å². The van der Waals surface area contributed by atoms with E-state index in [1.165, 1.54) is 0 Å². The third-order valence-electron chi connectivity index (χ3n) is 1.98. The number of rotatable bonds is 4. The van der Waals surface area contributed by atoms with Crippen LogP contribution in [-0.2, 0) is 0 Å². The van der Waals surface area contributed by atoms with Gasteiger partial charge in [0.25, 0.3) is 0 Å². The maximum Gasteiger partial charge on any atom is 0.107 e. The fourth-order valence-electron chi connectivity index (χ4n) is 1.20. The van der Waals surface area contributed by atoms with E-state index < -0.39 is 12.2 Å². The standard InChI is InChI=1S/C10H13BrO2S/c1-14-9-5-3-2-4-7(9)10(13)8(12)6-11/h2-5,8,10,12-13H,6H2,1H3. The van der Waals surface area contributed by atoms with E-state index in [1.807, 2.05) is 30.5 Å². The molecule has 0 aliphatic heterocycles. The molecule has 0 aromatic heterocycles. The van der Waals surface area contributed by atoms with Crippen LogP contribution in [-0.4, -0.2) is 27.9 Å². The normalized spacial score (nSPS) is 15.1. The van der Waals surface area contributed by atoms with Gasteiger partial charge in [-0.25, -0.2) is 0 Å². The summed E-state index contributed by atoms with van der Waals surface area (Å²) < 4.78 is 0. The third-order valence-corrected chi connectivity index (χ3v) is 3.46. The number of alkyl halides is 1. The molecule has 1 aromatic carbocycles. The highest BCUT2D eigenvalue weighted by atomic mass is 79.9. The largest absolute Gasteiger partial charge is 0.389 e. The van der Waals surface area contributed by atoms with Gasteiger partial charge in [-0.2, -0.15) is 0 Å². The second kappa shape index (κ2) is 5.75. The Kier molecular flexibility index (Phi) is 4.95. The summed E-state index contributed by atoms with van der Waals surface area (Å²) in [6.45, 7) is 0. The average molecular weight is 277 g/mol. The number of halogens is 1. The molecule has 1 rings (SSSR count). The van der Waals surface area contributed by atoms with Gasteiger partial charge in [-0.15, -0.1) is 11.8 Å². The van der Waals surface area contributed by atoms with Crippen molar-refractivity contribution in [2.24, 2.45) is 0 Å². The minimum Gasteiger partial charge on any atom is -0.389 e. The molecule has 14 heavy (non-hydrogen) atoms. The maximum atomic E-state index is 9.81. The van der Waals surface area contributed by atoms with Gasteiger partial charge in [-0.1, -0.05) is 34.1 Å². The highest BCUT2D eigenvalue weighted by Crippen LogP contribution is 2.27. The van der Waals surface area contributed by atoms with Crippen molar-refractivity contribution in [2.75, 3.05) is 11.6 Å². The molecular formula is C10H13BrO2S. The molecular weight excluding hydrogens is 264 g/mol. The number of aliphatic hydroxyl groups is 2. The van der Waals surface area contributed by atoms with Crippen LogP contribution in [0.5, 0.6) is 0 Å². The fourth-order valence-corrected chi connectivity index (χ4v) is 2.20. The van der Waals surface area contributed by atoms with E-state index >= 15 is 0 Å². The lowest BCUT2D eigenvalue weighted by Gasteiger charge is -2.18. The third kappa shape index (κ3) is 2.73. The van der Waals surface area contributed by atoms with Crippen LogP contribution < -0.4 is 0 Å². The summed E-state index contributed by atoms with van der Waals surface area (Å²) in [7, 11) is 0. The molecule has 2 nitrogen and oxygen atoms in total. The summed E-state index contributed by atoms with van der Waals surface area (Å²) in [6, 6.07) is 7.55. The second-order valence-corrected chi connectivity index (χ2v) is 4.40. The van der Waals surface area contributed by atoms with Gasteiger partial charge in [0.1, 0.15) is 6.10 Å². The number of aliphatic hydroxyl groups excluding tert-OH is 2. The van der Waals surface area contributed by atoms with Crippen molar-refractivity contribution in [3.8, 4) is 0 Å². The molecule has 0 amide bonds. The molecule has 0 saturated heterocycles. The van der Waals surface area contributed by atoms with Crippen molar-refractivity contribution < 1.29 is 10.2 Å². The van der Waals surface area contributed by atoms with Gasteiger partial charge in [-0.3, -0.25) is 0 Å². The van der Waals surface area contributed by atoms with E-state index in [0.29, 0.717) is 5.33 Å². The molecule has 2 atom stereocenters. The minimum absolute atomic E-state index is 0.372. The van der Waals surface area contributed by atoms with Crippen LogP contribution in [0.2, 0.25) is 0 Å². The predicted molar refractivity (Wildman–Crippen MR) is 63.0 cm³/mol. The van der Waals surface area contributed by atoms with Crippen LogP contribution in [0.25, 0.3) is 0 Å². The Balaban J connectivity index is 2.93. The number of benzene rings is 1. The van der Waals surface area contributed by atoms with Crippen LogP contribution >= 0.6 is 27.7 Å². The zero-order chi connectivity index (χ0) is 10.6. The van der Waals surface area contributed by atoms with Crippen molar-refractivity contribution in [3.63, 3.8) is 0 Å². The maximum absolute atomic E-state index is 9.81. The Labute approximate surface area is 96.5 Å². The minimum atomic E-state index is -0.821. The molecule has 0 aliphatic carbocycles. The predicted octanol–water partition coefficient (Wildman–Crippen LogP) is 2.20. The molecule has 0 saturated carbocycles. The summed E-state index contributed by atoms with van der Waals surface area (Å²) in [6.07, 6.45) is 0.368. The number of hydrogen-bond acceptors (Lipinski definition) is 3. The van der Waals surface area contributed by atoms with Crippen molar-refractivity contribution in [1.82, 2.24) is 0 Å². The molecule has 4 heteroatoms. The van der Waals surface area contributed by atoms with Crippen LogP contribution in [0.15, 0.2) is 29.2 Å². The lowest BCUT2D eigenvalue weighted by Crippen LogP contribution is -2.19. The van der Waals surface area contributed by atoms with Crippen LogP contribution in [0.1, 0.15) is 11.7 Å². The van der Waals surface area contributed by atoms with Gasteiger partial charge in [-0.05, 0) is 17.9 Å². The van der Waals surface area contributed by atoms with Crippen LogP contribution in [0.3, 0.4) is 0 Å². The van der Waals surface area contributed by atoms with Gasteiger partial charge >= 0.3 is 0 Å². The first kappa shape index (κ1) is 12.0. The van der Waals surface area contributed by atoms with Crippen molar-refractivity contribution in [1.29, 1.82) is 0 Å². The van der Waals surface area contributed by atoms with E-state index in [4.69, 9.17) is 0 Å². The lowest BCUT2D eigenvalue weighted by atomic mass is 10.1. The Hall–Kier alpha value is -0.0300. The van der Waals surface area contributed by atoms with E-state index in [0.717, 1.165) is 10.5 Å². The monoisotopic (exact) mass is 276 g/mol. The van der Waals surface area contributed by atoms with E-state index in [9.17, 15) is 10.2 Å². The quantitative estimate of drug-likeness (QED) is 0.654. The summed E-state index contributed by atoms with van der Waals surface area (Å²) in [5.41, 5.74) is 0.784. The topological polar surface area (TPSA) is 40.5 Å². The first-order chi connectivity index (χ1) is 6.70. The van der Waals surface area contributed by atoms with Gasteiger partial charge in [0, 0.05) is 10.2 Å². The van der Waals surface area contributed by atoms with Crippen LogP contribution in [0.4, 0.5) is 0 Å². The van der Waals surface area contributed by atoms with Crippen molar-refractivity contribution in [2.45, 2.75) is 17.1 Å². The molecule has 0 aliphatic rings. The Morgan fingerprint density at radius 3 is 2.57 bits per heavy atom. The molecule has 1 aromatic rings. The van der Waals surface area contributed by atoms with Crippen molar-refractivity contribution >= 4 is 27.7 Å². The first-order valence-corrected chi connectivity index (χ1v) is 6.60. The molecule has 2 N–H and O–H groups in total. The number of hydrogen-bond donors (Lipinski definition) is 2. The molecule has 0 spiro atoms. The molecule has 0 radical (unpaired) electrons. The van der Waals surface area contributed by atoms with Gasteiger partial charge in [0.2, 0.25) is 0 Å². The highest BCUT2D eigenvalue weighted by Gasteiger charge is 2.19. The summed E-state index contributed by atoms with van der Waals surface area (Å²) in [4.78, 5) is 1.00. The Morgan fingerprint density at radius 2 is 2.00 bits per heavy atom. The van der Waals surface area contributed by atoms with Crippen molar-refractivity contribution in [3.05, 3.63) is 29.8 Å².